The van der Waals surface area contributed by atoms with E-state index in [1.54, 1.807) is 25.1 Å². The van der Waals surface area contributed by atoms with E-state index in [9.17, 15) is 4.79 Å². The number of nitrogens with zero attached hydrogens (tertiary/aromatic N) is 7. The lowest BCUT2D eigenvalue weighted by molar-refractivity contribution is -0.130. The minimum absolute atomic E-state index is 0.374. The molecule has 0 radical (unpaired) electrons. The Morgan fingerprint density at radius 2 is 0.815 bits per heavy atom. The molecular weight excluding hydrogens is 1460 g/mol. The highest BCUT2D eigenvalue weighted by Gasteiger charge is 2.26. The van der Waals surface area contributed by atoms with E-state index >= 15 is 0 Å². The maximum atomic E-state index is 11.6. The number of anilines is 3. The molecule has 22 rings (SSSR count). The molecule has 0 spiro atoms. The number of rotatable bonds is 15. The number of fused-ring (bicyclic) bond motifs is 13. The first-order chi connectivity index (χ1) is 58.7. The standard InChI is InChI=1S/C22H19NO2.C20H14N2O.C20H15N.C16H15NO.C15H13NO.C14H11N/c1-17(2)22(24)25-21-15-13-20(14-16-21)23(18-9-5-3-6-10-18)19-11-7-4-8-12-19;1-2-14-10-12-16(13-11-14)19-21-22-20(23-19)18-9-5-7-15-6-3-4-8-17(15)18;1-2-15-12-13-20-18(14-15)17-10-6-7-11-19(17)21(20)16-8-4-3-5-9-16;1-3-7-15-13(5-1)14-6-2-4-8-16(14)17(15)11-12-9-10-18-12;1-3-7-14-12(5-1)13-6-2-4-8-15(13)16(14)9-11-10-17-11;1-2-15-13-9-5-3-7-11(13)12-8-4-6-10-14(12)15/h3-16H,1H2,2H3;2-13H,1H2;2-14H,1H2;1-8,12H,9-11H2;1-8,11H,9-10H2;2-10H,1H2. The average molecular weight is 1550 g/mol. The monoisotopic (exact) mass is 1550 g/mol. The third kappa shape index (κ3) is 16.6. The molecule has 12 heteroatoms. The molecule has 0 N–H and O–H groups in total. The Balaban J connectivity index is 0.000000103. The van der Waals surface area contributed by atoms with Gasteiger partial charge in [0.2, 0.25) is 11.8 Å². The Labute approximate surface area is 691 Å². The average Bonchev–Trinajstić information content (AvgIpc) is 1.59. The molecule has 2 aliphatic rings. The highest BCUT2D eigenvalue weighted by atomic mass is 16.6. The van der Waals surface area contributed by atoms with Gasteiger partial charge in [-0.05, 0) is 169 Å². The zero-order chi connectivity index (χ0) is 81.0. The molecule has 119 heavy (non-hydrogen) atoms. The number of epoxide rings is 1. The van der Waals surface area contributed by atoms with Gasteiger partial charge in [-0.3, -0.25) is 0 Å². The molecule has 20 aromatic rings. The van der Waals surface area contributed by atoms with Gasteiger partial charge in [0, 0.05) is 124 Å². The fourth-order valence-corrected chi connectivity index (χ4v) is 15.6. The maximum absolute atomic E-state index is 11.6. The zero-order valence-electron chi connectivity index (χ0n) is 66.1. The molecule has 15 aromatic carbocycles. The summed E-state index contributed by atoms with van der Waals surface area (Å²) in [6, 6.07) is 127. The number of aromatic nitrogens is 6. The molecule has 0 bridgehead atoms. The number of esters is 1. The SMILES string of the molecule is C=C(C)C(=O)Oc1ccc(N(c2ccccc2)c2ccccc2)cc1.C=Cc1ccc(-c2nnc(-c3cccc4ccccc34)o2)cc1.C=Cc1ccc2c(c1)c1ccccc1n2-c1ccccc1.C=Cn1c2ccccc2c2ccccc21.c1ccc2c(c1)c1ccccc1n2CC1CCO1.c1ccc2c(c1)c1ccccc1n2CC1CO1. The molecule has 2 atom stereocenters. The molecule has 12 nitrogen and oxygen atoms in total. The summed E-state index contributed by atoms with van der Waals surface area (Å²) in [5.74, 6) is 1.13. The van der Waals surface area contributed by atoms with Gasteiger partial charge >= 0.3 is 5.97 Å². The molecule has 0 aliphatic carbocycles. The Morgan fingerprint density at radius 3 is 1.29 bits per heavy atom. The summed E-state index contributed by atoms with van der Waals surface area (Å²) in [7, 11) is 0. The lowest BCUT2D eigenvalue weighted by Gasteiger charge is -2.27. The highest BCUT2D eigenvalue weighted by molar-refractivity contribution is 6.12. The van der Waals surface area contributed by atoms with E-state index in [0.29, 0.717) is 35.3 Å². The first-order valence-corrected chi connectivity index (χ1v) is 40.1. The lowest BCUT2D eigenvalue weighted by atomic mass is 10.0. The lowest BCUT2D eigenvalue weighted by Crippen LogP contribution is -2.31. The van der Waals surface area contributed by atoms with Crippen molar-refractivity contribution < 1.29 is 23.4 Å². The van der Waals surface area contributed by atoms with Gasteiger partial charge in [-0.15, -0.1) is 10.2 Å². The van der Waals surface area contributed by atoms with Crippen molar-refractivity contribution in [3.8, 4) is 34.3 Å². The number of carbonyl (C=O) groups is 1. The third-order valence-electron chi connectivity index (χ3n) is 21.6. The van der Waals surface area contributed by atoms with Crippen LogP contribution in [0.4, 0.5) is 17.1 Å². The Hall–Kier alpha value is -15.0. The number of hydrogen-bond acceptors (Lipinski definition) is 8. The van der Waals surface area contributed by atoms with Gasteiger partial charge in [-0.2, -0.15) is 0 Å². The van der Waals surface area contributed by atoms with Crippen LogP contribution in [0.1, 0.15) is 24.5 Å². The molecular formula is C107H87N7O5. The number of ether oxygens (including phenoxy) is 3. The van der Waals surface area contributed by atoms with Crippen LogP contribution in [0.2, 0.25) is 0 Å². The molecule has 580 valence electrons. The van der Waals surface area contributed by atoms with Crippen molar-refractivity contribution in [3.63, 3.8) is 0 Å². The van der Waals surface area contributed by atoms with Gasteiger partial charge in [0.15, 0.2) is 0 Å². The van der Waals surface area contributed by atoms with Crippen LogP contribution in [0, 0.1) is 0 Å². The van der Waals surface area contributed by atoms with Gasteiger partial charge in [0.25, 0.3) is 0 Å². The quantitative estimate of drug-likeness (QED) is 0.0432. The smallest absolute Gasteiger partial charge is 0.338 e. The van der Waals surface area contributed by atoms with Gasteiger partial charge in [0.05, 0.1) is 47.4 Å². The Morgan fingerprint density at radius 1 is 0.412 bits per heavy atom. The Bertz CT molecular complexity index is 6800. The fourth-order valence-electron chi connectivity index (χ4n) is 15.6. The molecule has 2 unspecified atom stereocenters. The van der Waals surface area contributed by atoms with Crippen LogP contribution < -0.4 is 9.64 Å². The predicted octanol–water partition coefficient (Wildman–Crippen LogP) is 26.9. The minimum Gasteiger partial charge on any atom is -0.423 e. The number of carbonyl (C=O) groups excluding carboxylic acids is 1. The summed E-state index contributed by atoms with van der Waals surface area (Å²) in [6.07, 6.45) is 7.55. The van der Waals surface area contributed by atoms with Crippen molar-refractivity contribution in [2.75, 3.05) is 18.1 Å². The second-order valence-corrected chi connectivity index (χ2v) is 29.2. The topological polar surface area (TPSA) is 110 Å². The summed E-state index contributed by atoms with van der Waals surface area (Å²) >= 11 is 0. The largest absolute Gasteiger partial charge is 0.423 e. The van der Waals surface area contributed by atoms with Gasteiger partial charge in [-0.1, -0.05) is 275 Å². The summed E-state index contributed by atoms with van der Waals surface area (Å²) in [6.45, 7) is 20.5. The summed E-state index contributed by atoms with van der Waals surface area (Å²) in [4.78, 5) is 13.8. The summed E-state index contributed by atoms with van der Waals surface area (Å²) in [5, 5.41) is 21.1. The predicted molar refractivity (Wildman–Crippen MR) is 494 cm³/mol. The first kappa shape index (κ1) is 76.7. The minimum atomic E-state index is -0.421. The highest BCUT2D eigenvalue weighted by Crippen LogP contribution is 2.39. The second-order valence-electron chi connectivity index (χ2n) is 29.2. The van der Waals surface area contributed by atoms with Crippen molar-refractivity contribution in [2.24, 2.45) is 0 Å². The normalized spacial score (nSPS) is 13.2. The van der Waals surface area contributed by atoms with Crippen molar-refractivity contribution >= 4 is 139 Å². The van der Waals surface area contributed by atoms with Gasteiger partial charge in [0.1, 0.15) is 5.75 Å². The van der Waals surface area contributed by atoms with Crippen LogP contribution in [-0.2, 0) is 27.4 Å². The van der Waals surface area contributed by atoms with Crippen LogP contribution >= 0.6 is 0 Å². The van der Waals surface area contributed by atoms with Crippen LogP contribution in [0.15, 0.2) is 406 Å². The van der Waals surface area contributed by atoms with E-state index in [1.165, 1.54) is 99.3 Å². The van der Waals surface area contributed by atoms with E-state index < -0.39 is 5.97 Å². The van der Waals surface area contributed by atoms with Crippen LogP contribution in [0.25, 0.3) is 145 Å². The molecule has 2 saturated heterocycles. The third-order valence-corrected chi connectivity index (χ3v) is 21.6. The van der Waals surface area contributed by atoms with Crippen molar-refractivity contribution in [1.82, 2.24) is 28.5 Å². The fraction of sp³-hybridized carbons (Fsp3) is 0.0748. The maximum Gasteiger partial charge on any atom is 0.338 e. The molecule has 7 heterocycles. The van der Waals surface area contributed by atoms with Gasteiger partial charge < -0.3 is 41.8 Å². The Kier molecular flexibility index (Phi) is 22.8. The van der Waals surface area contributed by atoms with Crippen LogP contribution in [0.5, 0.6) is 5.75 Å². The zero-order valence-corrected chi connectivity index (χ0v) is 66.1. The van der Waals surface area contributed by atoms with E-state index in [4.69, 9.17) is 18.6 Å². The molecule has 0 amide bonds. The van der Waals surface area contributed by atoms with Crippen LogP contribution in [-0.4, -0.2) is 59.9 Å². The van der Waals surface area contributed by atoms with Crippen molar-refractivity contribution in [2.45, 2.75) is 38.6 Å². The van der Waals surface area contributed by atoms with Gasteiger partial charge in [-0.25, -0.2) is 4.79 Å². The van der Waals surface area contributed by atoms with E-state index in [2.05, 4.69) is 314 Å². The molecule has 2 aliphatic heterocycles. The number of para-hydroxylation sites is 10. The van der Waals surface area contributed by atoms with Crippen LogP contribution in [0.3, 0.4) is 0 Å². The summed E-state index contributed by atoms with van der Waals surface area (Å²) < 4.78 is 31.3. The second kappa shape index (κ2) is 35.4. The molecule has 5 aromatic heterocycles. The first-order valence-electron chi connectivity index (χ1n) is 40.1. The van der Waals surface area contributed by atoms with E-state index in [-0.39, 0.29) is 0 Å². The van der Waals surface area contributed by atoms with E-state index in [0.717, 1.165) is 76.4 Å². The van der Waals surface area contributed by atoms with Crippen molar-refractivity contribution in [1.29, 1.82) is 0 Å². The van der Waals surface area contributed by atoms with Crippen molar-refractivity contribution in [3.05, 3.63) is 413 Å². The van der Waals surface area contributed by atoms with E-state index in [1.807, 2.05) is 115 Å². The molecule has 0 saturated carbocycles. The number of benzene rings is 15. The number of hydrogen-bond donors (Lipinski definition) is 0. The molecule has 2 fully saturated rings. The summed E-state index contributed by atoms with van der Waals surface area (Å²) in [5.41, 5.74) is 18.9.